The lowest BCUT2D eigenvalue weighted by atomic mass is 9.82. The molecule has 1 aliphatic carbocycles. The van der Waals surface area contributed by atoms with Crippen molar-refractivity contribution >= 4 is 10.0 Å². The minimum absolute atomic E-state index is 0.0838. The molecule has 0 spiro atoms. The average Bonchev–Trinajstić information content (AvgIpc) is 2.87. The van der Waals surface area contributed by atoms with Crippen molar-refractivity contribution in [2.45, 2.75) is 38.0 Å². The Hall–Kier alpha value is -1.47. The van der Waals surface area contributed by atoms with Gasteiger partial charge in [0.25, 0.3) is 0 Å². The average molecular weight is 340 g/mol. The molecule has 1 unspecified atom stereocenters. The van der Waals surface area contributed by atoms with Gasteiger partial charge in [-0.05, 0) is 45.1 Å². The molecule has 3 rings (SSSR count). The van der Waals surface area contributed by atoms with Gasteiger partial charge in [0.05, 0.1) is 0 Å². The number of piperidine rings is 1. The van der Waals surface area contributed by atoms with E-state index in [1.165, 1.54) is 4.31 Å². The van der Waals surface area contributed by atoms with Gasteiger partial charge in [-0.3, -0.25) is 0 Å². The highest BCUT2D eigenvalue weighted by molar-refractivity contribution is 7.89. The van der Waals surface area contributed by atoms with Crippen molar-refractivity contribution in [1.29, 1.82) is 0 Å². The van der Waals surface area contributed by atoms with Crippen LogP contribution in [-0.2, 0) is 10.0 Å². The Bertz CT molecular complexity index is 724. The van der Waals surface area contributed by atoms with Gasteiger partial charge in [-0.15, -0.1) is 0 Å². The highest BCUT2D eigenvalue weighted by Gasteiger charge is 2.36. The molecule has 2 heterocycles. The quantitative estimate of drug-likeness (QED) is 0.793. The van der Waals surface area contributed by atoms with Gasteiger partial charge in [0.2, 0.25) is 10.0 Å². The molecule has 23 heavy (non-hydrogen) atoms. The second kappa shape index (κ2) is 6.20. The van der Waals surface area contributed by atoms with Gasteiger partial charge in [-0.25, -0.2) is 12.8 Å². The van der Waals surface area contributed by atoms with Crippen molar-refractivity contribution in [1.82, 2.24) is 9.46 Å². The van der Waals surface area contributed by atoms with Crippen LogP contribution < -0.4 is 0 Å². The van der Waals surface area contributed by atoms with E-state index in [9.17, 15) is 12.8 Å². The van der Waals surface area contributed by atoms with Gasteiger partial charge in [0.1, 0.15) is 16.4 Å². The van der Waals surface area contributed by atoms with Crippen LogP contribution in [0.1, 0.15) is 30.7 Å². The number of nitrogens with zero attached hydrogens (tertiary/aromatic N) is 2. The number of allylic oxidation sites excluding steroid dienone is 4. The molecule has 0 aromatic carbocycles. The van der Waals surface area contributed by atoms with Gasteiger partial charge >= 0.3 is 0 Å². The molecule has 1 aliphatic heterocycles. The number of hydrogen-bond donors (Lipinski definition) is 0. The molecule has 0 bridgehead atoms. The zero-order chi connectivity index (χ0) is 16.6. The van der Waals surface area contributed by atoms with Gasteiger partial charge in [-0.1, -0.05) is 17.3 Å². The topological polar surface area (TPSA) is 63.4 Å². The fourth-order valence-electron chi connectivity index (χ4n) is 3.46. The number of hydrogen-bond acceptors (Lipinski definition) is 4. The van der Waals surface area contributed by atoms with Crippen molar-refractivity contribution in [3.8, 4) is 0 Å². The fraction of sp³-hybridized carbons (Fsp3) is 0.562. The van der Waals surface area contributed by atoms with Crippen molar-refractivity contribution in [3.63, 3.8) is 0 Å². The summed E-state index contributed by atoms with van der Waals surface area (Å²) in [7, 11) is -3.60. The minimum atomic E-state index is -3.60. The van der Waals surface area contributed by atoms with Gasteiger partial charge in [0, 0.05) is 19.0 Å². The predicted molar refractivity (Wildman–Crippen MR) is 83.9 cm³/mol. The van der Waals surface area contributed by atoms with E-state index in [-0.39, 0.29) is 22.6 Å². The summed E-state index contributed by atoms with van der Waals surface area (Å²) in [6.45, 7) is 4.03. The lowest BCUT2D eigenvalue weighted by Crippen LogP contribution is -2.40. The van der Waals surface area contributed by atoms with Gasteiger partial charge in [-0.2, -0.15) is 4.31 Å². The molecule has 2 aliphatic rings. The first-order valence-electron chi connectivity index (χ1n) is 7.86. The molecule has 1 aromatic rings. The molecule has 0 N–H and O–H groups in total. The third-order valence-corrected chi connectivity index (χ3v) is 6.83. The Balaban J connectivity index is 1.73. The molecule has 0 saturated carbocycles. The van der Waals surface area contributed by atoms with Crippen LogP contribution >= 0.6 is 0 Å². The van der Waals surface area contributed by atoms with Crippen LogP contribution in [-0.4, -0.2) is 31.0 Å². The van der Waals surface area contributed by atoms with Crippen molar-refractivity contribution < 1.29 is 17.3 Å². The summed E-state index contributed by atoms with van der Waals surface area (Å²) in [6.07, 6.45) is 7.44. The highest BCUT2D eigenvalue weighted by atomic mass is 32.2. The van der Waals surface area contributed by atoms with Gasteiger partial charge in [0.15, 0.2) is 5.76 Å². The molecule has 5 nitrogen and oxygen atoms in total. The first-order valence-corrected chi connectivity index (χ1v) is 9.30. The van der Waals surface area contributed by atoms with Crippen LogP contribution in [0.4, 0.5) is 4.39 Å². The summed E-state index contributed by atoms with van der Waals surface area (Å²) in [5, 5.41) is 3.73. The van der Waals surface area contributed by atoms with E-state index in [4.69, 9.17) is 4.52 Å². The molecular formula is C16H21FN2O3S. The number of rotatable bonds is 3. The van der Waals surface area contributed by atoms with E-state index in [1.807, 2.05) is 12.2 Å². The normalized spacial score (nSPS) is 24.0. The lowest BCUT2D eigenvalue weighted by molar-refractivity contribution is 0.231. The molecule has 0 radical (unpaired) electrons. The van der Waals surface area contributed by atoms with Gasteiger partial charge < -0.3 is 4.52 Å². The summed E-state index contributed by atoms with van der Waals surface area (Å²) < 4.78 is 45.9. The van der Waals surface area contributed by atoms with E-state index in [1.54, 1.807) is 19.9 Å². The van der Waals surface area contributed by atoms with Crippen LogP contribution in [0.25, 0.3) is 0 Å². The number of aryl methyl sites for hydroxylation is 2. The largest absolute Gasteiger partial charge is 0.360 e. The van der Waals surface area contributed by atoms with E-state index in [2.05, 4.69) is 5.16 Å². The van der Waals surface area contributed by atoms with Crippen LogP contribution in [0, 0.1) is 25.7 Å². The summed E-state index contributed by atoms with van der Waals surface area (Å²) in [5.74, 6) is 0.180. The van der Waals surface area contributed by atoms with Crippen molar-refractivity contribution in [2.24, 2.45) is 11.8 Å². The van der Waals surface area contributed by atoms with E-state index >= 15 is 0 Å². The molecule has 1 atom stereocenters. The summed E-state index contributed by atoms with van der Waals surface area (Å²) >= 11 is 0. The third-order valence-electron chi connectivity index (χ3n) is 4.68. The van der Waals surface area contributed by atoms with Crippen LogP contribution in [0.5, 0.6) is 0 Å². The predicted octanol–water partition coefficient (Wildman–Crippen LogP) is 3.12. The second-order valence-electron chi connectivity index (χ2n) is 6.17. The Morgan fingerprint density at radius 1 is 1.30 bits per heavy atom. The highest BCUT2D eigenvalue weighted by Crippen LogP contribution is 2.36. The van der Waals surface area contributed by atoms with E-state index < -0.39 is 10.0 Å². The van der Waals surface area contributed by atoms with E-state index in [0.29, 0.717) is 43.8 Å². The number of halogens is 1. The molecule has 1 fully saturated rings. The Kier molecular flexibility index (Phi) is 4.42. The zero-order valence-electron chi connectivity index (χ0n) is 13.3. The fourth-order valence-corrected chi connectivity index (χ4v) is 5.22. The summed E-state index contributed by atoms with van der Waals surface area (Å²) in [4.78, 5) is 0.166. The molecule has 1 aromatic heterocycles. The Morgan fingerprint density at radius 2 is 2.00 bits per heavy atom. The lowest BCUT2D eigenvalue weighted by Gasteiger charge is -2.34. The smallest absolute Gasteiger partial charge is 0.248 e. The summed E-state index contributed by atoms with van der Waals surface area (Å²) in [6, 6.07) is 0. The SMILES string of the molecule is Cc1noc(C)c1S(=O)(=O)N1CCC(C2C=CCC=C2F)CC1. The molecule has 7 heteroatoms. The number of sulfonamides is 1. The monoisotopic (exact) mass is 340 g/mol. The minimum Gasteiger partial charge on any atom is -0.360 e. The molecular weight excluding hydrogens is 319 g/mol. The third kappa shape index (κ3) is 2.99. The molecule has 1 saturated heterocycles. The van der Waals surface area contributed by atoms with Crippen LogP contribution in [0.15, 0.2) is 33.5 Å². The standard InChI is InChI=1S/C16H21FN2O3S/c1-11-16(12(2)22-18-11)23(20,21)19-9-7-13(8-10-19)14-5-3-4-6-15(14)17/h3,5-6,13-14H,4,7-10H2,1-2H3. The van der Waals surface area contributed by atoms with Crippen molar-refractivity contribution in [2.75, 3.05) is 13.1 Å². The maximum Gasteiger partial charge on any atom is 0.248 e. The Labute approximate surface area is 135 Å². The van der Waals surface area contributed by atoms with E-state index in [0.717, 1.165) is 0 Å². The summed E-state index contributed by atoms with van der Waals surface area (Å²) in [5.41, 5.74) is 0.383. The maximum atomic E-state index is 14.0. The maximum absolute atomic E-state index is 14.0. The Morgan fingerprint density at radius 3 is 2.57 bits per heavy atom. The first-order chi connectivity index (χ1) is 10.9. The second-order valence-corrected chi connectivity index (χ2v) is 8.05. The van der Waals surface area contributed by atoms with Crippen LogP contribution in [0.3, 0.4) is 0 Å². The first kappa shape index (κ1) is 16.4. The molecule has 0 amide bonds. The van der Waals surface area contributed by atoms with Crippen LogP contribution in [0.2, 0.25) is 0 Å². The molecule has 126 valence electrons. The number of aromatic nitrogens is 1. The zero-order valence-corrected chi connectivity index (χ0v) is 14.1. The van der Waals surface area contributed by atoms with Crippen molar-refractivity contribution in [3.05, 3.63) is 35.5 Å².